The summed E-state index contributed by atoms with van der Waals surface area (Å²) in [5.41, 5.74) is 13.0. The molecule has 1 aromatic carbocycles. The van der Waals surface area contributed by atoms with Gasteiger partial charge in [0.15, 0.2) is 0 Å². The highest BCUT2D eigenvalue weighted by Gasteiger charge is 2.60. The molecule has 0 radical (unpaired) electrons. The van der Waals surface area contributed by atoms with E-state index < -0.39 is 0 Å². The van der Waals surface area contributed by atoms with Crippen LogP contribution in [0.3, 0.4) is 0 Å². The van der Waals surface area contributed by atoms with Crippen LogP contribution >= 0.6 is 0 Å². The van der Waals surface area contributed by atoms with E-state index in [2.05, 4.69) is 64.1 Å². The molecule has 10 nitrogen and oxygen atoms in total. The molecule has 310 valence electrons. The molecule has 5 aromatic rings. The summed E-state index contributed by atoms with van der Waals surface area (Å²) in [6.45, 7) is 10.0. The Kier molecular flexibility index (Phi) is 7.40. The van der Waals surface area contributed by atoms with Gasteiger partial charge in [-0.15, -0.1) is 0 Å². The predicted molar refractivity (Wildman–Crippen MR) is 229 cm³/mol. The van der Waals surface area contributed by atoms with Crippen molar-refractivity contribution in [1.29, 1.82) is 0 Å². The molecular formula is C50H58N8O2. The van der Waals surface area contributed by atoms with E-state index in [-0.39, 0.29) is 33.9 Å². The number of hydrogen-bond donors (Lipinski definition) is 2. The molecule has 4 heterocycles. The van der Waals surface area contributed by atoms with Gasteiger partial charge in [0.05, 0.1) is 35.0 Å². The zero-order valence-corrected chi connectivity index (χ0v) is 35.6. The fourth-order valence-electron chi connectivity index (χ4n) is 16.2. The van der Waals surface area contributed by atoms with Gasteiger partial charge in [0.2, 0.25) is 0 Å². The van der Waals surface area contributed by atoms with Crippen LogP contribution < -0.4 is 0 Å². The number of allylic oxidation sites excluding steroid dienone is 2. The van der Waals surface area contributed by atoms with Gasteiger partial charge in [-0.1, -0.05) is 69.2 Å². The molecule has 60 heavy (non-hydrogen) atoms. The SMILES string of the molecule is C[C@]12CC[C@H](O)CC1=CCC1C2CC[C@]2(C)c3nc4ncnn4c(-c4cccc(-c5c6c(nc7ncnn57)[C@@]5(C)CCC7C(CC=C8C[C@@H](O)CC[C@@]87C)C5C6)c4)c3CC12. The Morgan fingerprint density at radius 3 is 1.48 bits per heavy atom. The molecular weight excluding hydrogens is 745 g/mol. The molecule has 10 heteroatoms. The monoisotopic (exact) mass is 802 g/mol. The normalized spacial score (nSPS) is 40.0. The highest BCUT2D eigenvalue weighted by Crippen LogP contribution is 2.66. The van der Waals surface area contributed by atoms with Gasteiger partial charge in [0, 0.05) is 33.1 Å². The standard InChI is InChI=1S/C50H58N8O2/c1-47-16-12-31(59)21-29(47)8-10-33-37(47)14-18-49(3)39(33)23-35-41(57-45(51-25-53-57)55-43(35)49)27-6-5-7-28(20-27)42-36-24-40-34-11-9-30-22-32(60)13-17-48(30,2)38(34)15-19-50(40,4)44(36)56-46-52-26-54-58(42)46/h5-9,20,25-26,31-34,37-40,59-60H,10-19,21-24H2,1-4H3/t31-,32-,33?,34?,37?,38?,39?,40?,47-,48-,49-,50-/m0/s1. The number of rotatable bonds is 2. The maximum absolute atomic E-state index is 10.6. The van der Waals surface area contributed by atoms with Crippen molar-refractivity contribution in [3.05, 3.63) is 82.7 Å². The first-order valence-corrected chi connectivity index (χ1v) is 23.3. The predicted octanol–water partition coefficient (Wildman–Crippen LogP) is 8.57. The van der Waals surface area contributed by atoms with Gasteiger partial charge in [-0.3, -0.25) is 0 Å². The van der Waals surface area contributed by atoms with Crippen molar-refractivity contribution >= 4 is 11.6 Å². The van der Waals surface area contributed by atoms with Gasteiger partial charge in [0.25, 0.3) is 11.6 Å². The van der Waals surface area contributed by atoms with Crippen LogP contribution in [0.5, 0.6) is 0 Å². The quantitative estimate of drug-likeness (QED) is 0.170. The minimum Gasteiger partial charge on any atom is -0.393 e. The molecule has 0 aliphatic heterocycles. The first kappa shape index (κ1) is 36.4. The van der Waals surface area contributed by atoms with Crippen molar-refractivity contribution in [3.63, 3.8) is 0 Å². The summed E-state index contributed by atoms with van der Waals surface area (Å²) in [5, 5.41) is 31.0. The molecule has 0 saturated heterocycles. The second-order valence-electron chi connectivity index (χ2n) is 21.7. The van der Waals surface area contributed by atoms with E-state index in [0.29, 0.717) is 47.1 Å². The van der Waals surface area contributed by atoms with E-state index in [9.17, 15) is 10.2 Å². The molecule has 2 N–H and O–H groups in total. The van der Waals surface area contributed by atoms with Crippen molar-refractivity contribution in [2.45, 2.75) is 141 Å². The largest absolute Gasteiger partial charge is 0.393 e. The highest BCUT2D eigenvalue weighted by molar-refractivity contribution is 5.77. The first-order valence-electron chi connectivity index (χ1n) is 23.3. The van der Waals surface area contributed by atoms with Crippen LogP contribution in [0.1, 0.15) is 127 Å². The van der Waals surface area contributed by atoms with Crippen LogP contribution in [0.25, 0.3) is 34.1 Å². The number of aliphatic hydroxyl groups is 2. The second kappa shape index (κ2) is 12.2. The number of fused-ring (bicyclic) bond motifs is 16. The molecule has 12 atom stereocenters. The summed E-state index contributed by atoms with van der Waals surface area (Å²) in [6, 6.07) is 9.11. The lowest BCUT2D eigenvalue weighted by molar-refractivity contribution is -0.0169. The summed E-state index contributed by atoms with van der Waals surface area (Å²) in [5.74, 6) is 4.79. The molecule has 4 aromatic heterocycles. The number of aromatic nitrogens is 8. The van der Waals surface area contributed by atoms with Crippen LogP contribution in [0.15, 0.2) is 60.2 Å². The third-order valence-electron chi connectivity index (χ3n) is 19.3. The van der Waals surface area contributed by atoms with Crippen LogP contribution in [-0.2, 0) is 23.7 Å². The third kappa shape index (κ3) is 4.62. The van der Waals surface area contributed by atoms with Crippen molar-refractivity contribution < 1.29 is 10.2 Å². The van der Waals surface area contributed by atoms with Crippen molar-refractivity contribution in [2.24, 2.45) is 46.3 Å². The van der Waals surface area contributed by atoms with E-state index in [0.717, 1.165) is 99.6 Å². The number of aliphatic hydroxyl groups excluding tert-OH is 2. The maximum Gasteiger partial charge on any atom is 0.252 e. The Labute approximate surface area is 352 Å². The summed E-state index contributed by atoms with van der Waals surface area (Å²) in [7, 11) is 0. The van der Waals surface area contributed by atoms with E-state index in [1.807, 2.05) is 9.03 Å². The van der Waals surface area contributed by atoms with Gasteiger partial charge < -0.3 is 10.2 Å². The fraction of sp³-hybridized carbons (Fsp3) is 0.600. The highest BCUT2D eigenvalue weighted by atomic mass is 16.3. The second-order valence-corrected chi connectivity index (χ2v) is 21.7. The molecule has 4 fully saturated rings. The molecule has 13 rings (SSSR count). The zero-order valence-electron chi connectivity index (χ0n) is 35.6. The van der Waals surface area contributed by atoms with Gasteiger partial charge in [-0.25, -0.2) is 9.97 Å². The lowest BCUT2D eigenvalue weighted by Crippen LogP contribution is -2.51. The summed E-state index contributed by atoms with van der Waals surface area (Å²) in [4.78, 5) is 20.2. The minimum absolute atomic E-state index is 0.0293. The first-order chi connectivity index (χ1) is 29.0. The van der Waals surface area contributed by atoms with E-state index in [1.165, 1.54) is 46.5 Å². The van der Waals surface area contributed by atoms with Crippen LogP contribution in [0, 0.1) is 46.3 Å². The smallest absolute Gasteiger partial charge is 0.252 e. The molecule has 4 saturated carbocycles. The molecule has 0 bridgehead atoms. The van der Waals surface area contributed by atoms with E-state index >= 15 is 0 Å². The average molecular weight is 803 g/mol. The van der Waals surface area contributed by atoms with Crippen molar-refractivity contribution in [1.82, 2.24) is 39.2 Å². The summed E-state index contributed by atoms with van der Waals surface area (Å²) < 4.78 is 4.01. The molecule has 0 spiro atoms. The maximum atomic E-state index is 10.6. The van der Waals surface area contributed by atoms with Crippen LogP contribution in [0.4, 0.5) is 0 Å². The van der Waals surface area contributed by atoms with E-state index in [1.54, 1.807) is 12.7 Å². The lowest BCUT2D eigenvalue weighted by Gasteiger charge is -2.57. The van der Waals surface area contributed by atoms with Crippen molar-refractivity contribution in [3.8, 4) is 22.5 Å². The summed E-state index contributed by atoms with van der Waals surface area (Å²) in [6.07, 6.45) is 22.5. The Hall–Kier alpha value is -4.28. The molecule has 8 aliphatic rings. The van der Waals surface area contributed by atoms with Gasteiger partial charge in [-0.05, 0) is 142 Å². The molecule has 8 aliphatic carbocycles. The zero-order chi connectivity index (χ0) is 40.5. The Morgan fingerprint density at radius 2 is 1.02 bits per heavy atom. The van der Waals surface area contributed by atoms with Gasteiger partial charge >= 0.3 is 0 Å². The fourth-order valence-corrected chi connectivity index (χ4v) is 16.2. The third-order valence-corrected chi connectivity index (χ3v) is 19.3. The number of benzene rings is 1. The molecule has 6 unspecified atom stereocenters. The Bertz CT molecular complexity index is 2530. The molecule has 0 amide bonds. The van der Waals surface area contributed by atoms with Crippen LogP contribution in [-0.4, -0.2) is 61.6 Å². The minimum atomic E-state index is -0.190. The average Bonchev–Trinajstić information content (AvgIpc) is 4.03. The Morgan fingerprint density at radius 1 is 0.567 bits per heavy atom. The summed E-state index contributed by atoms with van der Waals surface area (Å²) >= 11 is 0. The van der Waals surface area contributed by atoms with E-state index in [4.69, 9.17) is 30.1 Å². The lowest BCUT2D eigenvalue weighted by atomic mass is 9.48. The Balaban J connectivity index is 0.915. The number of nitrogens with zero attached hydrogens (tertiary/aromatic N) is 8. The van der Waals surface area contributed by atoms with Crippen molar-refractivity contribution in [2.75, 3.05) is 0 Å². The van der Waals surface area contributed by atoms with Gasteiger partial charge in [0.1, 0.15) is 12.7 Å². The topological polar surface area (TPSA) is 127 Å². The van der Waals surface area contributed by atoms with Gasteiger partial charge in [-0.2, -0.15) is 29.2 Å². The number of hydrogen-bond acceptors (Lipinski definition) is 8. The van der Waals surface area contributed by atoms with Crippen LogP contribution in [0.2, 0.25) is 0 Å².